The van der Waals surface area contributed by atoms with E-state index in [4.69, 9.17) is 4.74 Å². The molecular formula is C14H18FN3O2. The quantitative estimate of drug-likeness (QED) is 0.882. The molecule has 20 heavy (non-hydrogen) atoms. The van der Waals surface area contributed by atoms with Crippen LogP contribution in [0.3, 0.4) is 0 Å². The van der Waals surface area contributed by atoms with Crippen LogP contribution < -0.4 is 4.74 Å². The third kappa shape index (κ3) is 3.33. The fourth-order valence-electron chi connectivity index (χ4n) is 1.92. The van der Waals surface area contributed by atoms with Gasteiger partial charge in [0.05, 0.1) is 6.10 Å². The second-order valence-electron chi connectivity index (χ2n) is 4.55. The van der Waals surface area contributed by atoms with E-state index in [9.17, 15) is 9.50 Å². The molecule has 108 valence electrons. The molecule has 0 saturated heterocycles. The fraction of sp³-hybridized carbons (Fsp3) is 0.429. The summed E-state index contributed by atoms with van der Waals surface area (Å²) in [7, 11) is 0. The minimum Gasteiger partial charge on any atom is -0.485 e. The lowest BCUT2D eigenvalue weighted by atomic mass is 10.1. The topological polar surface area (TPSA) is 60.2 Å². The lowest BCUT2D eigenvalue weighted by Crippen LogP contribution is -2.09. The Hall–Kier alpha value is -1.95. The van der Waals surface area contributed by atoms with Gasteiger partial charge in [0.2, 0.25) is 0 Å². The van der Waals surface area contributed by atoms with Gasteiger partial charge in [-0.2, -0.15) is 5.10 Å². The van der Waals surface area contributed by atoms with Crippen molar-refractivity contribution in [2.45, 2.75) is 39.5 Å². The molecule has 1 aromatic carbocycles. The molecule has 0 fully saturated rings. The van der Waals surface area contributed by atoms with Crippen molar-refractivity contribution in [3.05, 3.63) is 41.7 Å². The molecule has 0 bridgehead atoms. The van der Waals surface area contributed by atoms with Crippen molar-refractivity contribution in [3.63, 3.8) is 0 Å². The zero-order valence-electron chi connectivity index (χ0n) is 11.6. The van der Waals surface area contributed by atoms with Crippen LogP contribution in [0.1, 0.15) is 37.8 Å². The Morgan fingerprint density at radius 3 is 2.95 bits per heavy atom. The van der Waals surface area contributed by atoms with Crippen LogP contribution in [0.25, 0.3) is 0 Å². The molecule has 0 aliphatic rings. The van der Waals surface area contributed by atoms with Gasteiger partial charge < -0.3 is 9.84 Å². The van der Waals surface area contributed by atoms with Crippen LogP contribution in [0.5, 0.6) is 5.75 Å². The summed E-state index contributed by atoms with van der Waals surface area (Å²) in [6.07, 6.45) is 1.68. The Labute approximate surface area is 117 Å². The summed E-state index contributed by atoms with van der Waals surface area (Å²) in [5.41, 5.74) is 0.549. The molecule has 2 aromatic rings. The van der Waals surface area contributed by atoms with E-state index in [2.05, 4.69) is 10.1 Å². The molecule has 6 heteroatoms. The number of hydrogen-bond acceptors (Lipinski definition) is 4. The molecule has 0 spiro atoms. The highest BCUT2D eigenvalue weighted by Gasteiger charge is 2.12. The first-order valence-corrected chi connectivity index (χ1v) is 6.58. The Bertz CT molecular complexity index is 569. The summed E-state index contributed by atoms with van der Waals surface area (Å²) in [5, 5.41) is 13.8. The Morgan fingerprint density at radius 2 is 2.25 bits per heavy atom. The van der Waals surface area contributed by atoms with Gasteiger partial charge in [-0.3, -0.25) is 0 Å². The van der Waals surface area contributed by atoms with E-state index < -0.39 is 11.9 Å². The molecular weight excluding hydrogens is 261 g/mol. The van der Waals surface area contributed by atoms with Crippen LogP contribution in [-0.4, -0.2) is 19.9 Å². The van der Waals surface area contributed by atoms with Crippen molar-refractivity contribution in [1.29, 1.82) is 0 Å². The van der Waals surface area contributed by atoms with Gasteiger partial charge in [0.15, 0.2) is 5.82 Å². The SMILES string of the molecule is CCCn1ncnc1COc1cc(F)ccc1[C@H](C)O. The number of aliphatic hydroxyl groups excluding tert-OH is 1. The predicted molar refractivity (Wildman–Crippen MR) is 71.7 cm³/mol. The molecule has 1 N–H and O–H groups in total. The van der Waals surface area contributed by atoms with Crippen molar-refractivity contribution in [3.8, 4) is 5.75 Å². The predicted octanol–water partition coefficient (Wildman–Crippen LogP) is 2.46. The zero-order valence-corrected chi connectivity index (χ0v) is 11.6. The first kappa shape index (κ1) is 14.5. The lowest BCUT2D eigenvalue weighted by Gasteiger charge is -2.13. The number of aliphatic hydroxyl groups is 1. The summed E-state index contributed by atoms with van der Waals surface area (Å²) < 4.78 is 20.6. The first-order chi connectivity index (χ1) is 9.61. The maximum absolute atomic E-state index is 13.3. The van der Waals surface area contributed by atoms with Crippen LogP contribution >= 0.6 is 0 Å². The molecule has 0 amide bonds. The highest BCUT2D eigenvalue weighted by atomic mass is 19.1. The normalized spacial score (nSPS) is 12.4. The molecule has 0 radical (unpaired) electrons. The van der Waals surface area contributed by atoms with Gasteiger partial charge in [-0.25, -0.2) is 14.1 Å². The zero-order chi connectivity index (χ0) is 14.5. The molecule has 0 unspecified atom stereocenters. The standard InChI is InChI=1S/C14H18FN3O2/c1-3-6-18-14(16-9-17-18)8-20-13-7-11(15)4-5-12(13)10(2)19/h4-5,7,9-10,19H,3,6,8H2,1-2H3/t10-/m0/s1. The smallest absolute Gasteiger partial charge is 0.164 e. The number of aryl methyl sites for hydroxylation is 1. The molecule has 1 heterocycles. The maximum Gasteiger partial charge on any atom is 0.164 e. The summed E-state index contributed by atoms with van der Waals surface area (Å²) in [4.78, 5) is 4.12. The van der Waals surface area contributed by atoms with Crippen molar-refractivity contribution < 1.29 is 14.2 Å². The molecule has 1 atom stereocenters. The van der Waals surface area contributed by atoms with E-state index in [1.807, 2.05) is 6.92 Å². The van der Waals surface area contributed by atoms with Gasteiger partial charge in [-0.05, 0) is 25.5 Å². The Kier molecular flexibility index (Phi) is 4.68. The molecule has 0 saturated carbocycles. The Morgan fingerprint density at radius 1 is 1.45 bits per heavy atom. The van der Waals surface area contributed by atoms with Gasteiger partial charge in [-0.1, -0.05) is 6.92 Å². The van der Waals surface area contributed by atoms with E-state index in [1.54, 1.807) is 11.6 Å². The highest BCUT2D eigenvalue weighted by molar-refractivity contribution is 5.35. The minimum atomic E-state index is -0.723. The van der Waals surface area contributed by atoms with E-state index in [0.717, 1.165) is 13.0 Å². The van der Waals surface area contributed by atoms with E-state index in [1.165, 1.54) is 24.5 Å². The van der Waals surface area contributed by atoms with E-state index in [-0.39, 0.29) is 6.61 Å². The number of nitrogens with zero attached hydrogens (tertiary/aromatic N) is 3. The second-order valence-corrected chi connectivity index (χ2v) is 4.55. The molecule has 5 nitrogen and oxygen atoms in total. The van der Waals surface area contributed by atoms with Gasteiger partial charge in [0.1, 0.15) is 24.5 Å². The van der Waals surface area contributed by atoms with Gasteiger partial charge >= 0.3 is 0 Å². The number of ether oxygens (including phenoxy) is 1. The van der Waals surface area contributed by atoms with Crippen molar-refractivity contribution in [1.82, 2.24) is 14.8 Å². The van der Waals surface area contributed by atoms with Crippen LogP contribution in [0.15, 0.2) is 24.5 Å². The number of hydrogen-bond donors (Lipinski definition) is 1. The Balaban J connectivity index is 2.14. The first-order valence-electron chi connectivity index (χ1n) is 6.58. The van der Waals surface area contributed by atoms with Gasteiger partial charge in [-0.15, -0.1) is 0 Å². The molecule has 2 rings (SSSR count). The van der Waals surface area contributed by atoms with Crippen LogP contribution in [0.4, 0.5) is 4.39 Å². The molecule has 0 aliphatic heterocycles. The summed E-state index contributed by atoms with van der Waals surface area (Å²) >= 11 is 0. The van der Waals surface area contributed by atoms with Crippen LogP contribution in [0.2, 0.25) is 0 Å². The average Bonchev–Trinajstić information content (AvgIpc) is 2.84. The number of aromatic nitrogens is 3. The van der Waals surface area contributed by atoms with Gasteiger partial charge in [0.25, 0.3) is 0 Å². The van der Waals surface area contributed by atoms with E-state index >= 15 is 0 Å². The molecule has 1 aromatic heterocycles. The number of rotatable bonds is 6. The van der Waals surface area contributed by atoms with Crippen molar-refractivity contribution >= 4 is 0 Å². The number of halogens is 1. The second kappa shape index (κ2) is 6.47. The third-order valence-corrected chi connectivity index (χ3v) is 2.91. The lowest BCUT2D eigenvalue weighted by molar-refractivity contribution is 0.188. The van der Waals surface area contributed by atoms with Crippen molar-refractivity contribution in [2.75, 3.05) is 0 Å². The minimum absolute atomic E-state index is 0.184. The summed E-state index contributed by atoms with van der Waals surface area (Å²) in [6.45, 7) is 4.60. The average molecular weight is 279 g/mol. The van der Waals surface area contributed by atoms with Crippen molar-refractivity contribution in [2.24, 2.45) is 0 Å². The fourth-order valence-corrected chi connectivity index (χ4v) is 1.92. The largest absolute Gasteiger partial charge is 0.485 e. The monoisotopic (exact) mass is 279 g/mol. The van der Waals surface area contributed by atoms with Crippen LogP contribution in [-0.2, 0) is 13.2 Å². The van der Waals surface area contributed by atoms with E-state index in [0.29, 0.717) is 17.1 Å². The van der Waals surface area contributed by atoms with Gasteiger partial charge in [0, 0.05) is 18.2 Å². The third-order valence-electron chi connectivity index (χ3n) is 2.91. The number of benzene rings is 1. The summed E-state index contributed by atoms with van der Waals surface area (Å²) in [6, 6.07) is 4.09. The molecule has 0 aliphatic carbocycles. The maximum atomic E-state index is 13.3. The summed E-state index contributed by atoms with van der Waals surface area (Å²) in [5.74, 6) is 0.595. The van der Waals surface area contributed by atoms with Crippen LogP contribution in [0, 0.1) is 5.82 Å². The highest BCUT2D eigenvalue weighted by Crippen LogP contribution is 2.26.